The van der Waals surface area contributed by atoms with E-state index in [2.05, 4.69) is 5.32 Å². The standard InChI is InChI=1S/C12H23N3O3/c1-3-18-11(17)12(14)5-4-8(7-12)6-9(15-2)10(13)16/h8-9,15H,3-7,14H2,1-2H3,(H2,13,16). The second kappa shape index (κ2) is 6.15. The summed E-state index contributed by atoms with van der Waals surface area (Å²) in [6.07, 6.45) is 2.59. The van der Waals surface area contributed by atoms with Crippen LogP contribution in [0.1, 0.15) is 32.6 Å². The van der Waals surface area contributed by atoms with Gasteiger partial charge in [0.2, 0.25) is 5.91 Å². The molecule has 0 saturated heterocycles. The predicted octanol–water partition coefficient (Wildman–Crippen LogP) is -0.489. The summed E-state index contributed by atoms with van der Waals surface area (Å²) in [4.78, 5) is 22.9. The first-order valence-electron chi connectivity index (χ1n) is 6.35. The zero-order chi connectivity index (χ0) is 13.8. The molecule has 3 atom stereocenters. The molecule has 3 unspecified atom stereocenters. The Bertz CT molecular complexity index is 322. The van der Waals surface area contributed by atoms with E-state index in [4.69, 9.17) is 16.2 Å². The van der Waals surface area contributed by atoms with Crippen LogP contribution in [0, 0.1) is 5.92 Å². The minimum absolute atomic E-state index is 0.226. The summed E-state index contributed by atoms with van der Waals surface area (Å²) in [6, 6.07) is -0.362. The van der Waals surface area contributed by atoms with Gasteiger partial charge in [-0.05, 0) is 45.6 Å². The van der Waals surface area contributed by atoms with Crippen LogP contribution >= 0.6 is 0 Å². The fourth-order valence-electron chi connectivity index (χ4n) is 2.55. The van der Waals surface area contributed by atoms with Gasteiger partial charge in [0.05, 0.1) is 12.6 Å². The summed E-state index contributed by atoms with van der Waals surface area (Å²) >= 11 is 0. The number of carbonyl (C=O) groups is 2. The monoisotopic (exact) mass is 257 g/mol. The molecule has 0 radical (unpaired) electrons. The van der Waals surface area contributed by atoms with E-state index in [0.29, 0.717) is 25.9 Å². The van der Waals surface area contributed by atoms with Crippen LogP contribution in [0.25, 0.3) is 0 Å². The number of nitrogens with two attached hydrogens (primary N) is 2. The molecule has 6 nitrogen and oxygen atoms in total. The lowest BCUT2D eigenvalue weighted by Crippen LogP contribution is -2.47. The second-order valence-electron chi connectivity index (χ2n) is 4.96. The van der Waals surface area contributed by atoms with Crippen molar-refractivity contribution in [1.29, 1.82) is 0 Å². The third-order valence-corrected chi connectivity index (χ3v) is 3.59. The number of esters is 1. The lowest BCUT2D eigenvalue weighted by atomic mass is 9.93. The van der Waals surface area contributed by atoms with E-state index in [-0.39, 0.29) is 23.8 Å². The van der Waals surface area contributed by atoms with E-state index >= 15 is 0 Å². The highest BCUT2D eigenvalue weighted by Gasteiger charge is 2.43. The largest absolute Gasteiger partial charge is 0.465 e. The molecule has 1 amide bonds. The van der Waals surface area contributed by atoms with Crippen LogP contribution in [0.5, 0.6) is 0 Å². The fraction of sp³-hybridized carbons (Fsp3) is 0.833. The van der Waals surface area contributed by atoms with Crippen LogP contribution in [0.15, 0.2) is 0 Å². The number of nitrogens with one attached hydrogen (secondary N) is 1. The number of likely N-dealkylation sites (N-methyl/N-ethyl adjacent to an activating group) is 1. The highest BCUT2D eigenvalue weighted by molar-refractivity contribution is 5.81. The predicted molar refractivity (Wildman–Crippen MR) is 67.6 cm³/mol. The third-order valence-electron chi connectivity index (χ3n) is 3.59. The first-order chi connectivity index (χ1) is 8.42. The van der Waals surface area contributed by atoms with Crippen LogP contribution in [0.2, 0.25) is 0 Å². The molecule has 18 heavy (non-hydrogen) atoms. The molecule has 1 aliphatic carbocycles. The Morgan fingerprint density at radius 3 is 2.72 bits per heavy atom. The molecular weight excluding hydrogens is 234 g/mol. The smallest absolute Gasteiger partial charge is 0.326 e. The molecule has 0 aromatic rings. The van der Waals surface area contributed by atoms with Gasteiger partial charge in [-0.25, -0.2) is 0 Å². The van der Waals surface area contributed by atoms with Crippen molar-refractivity contribution >= 4 is 11.9 Å². The Labute approximate surface area is 107 Å². The van der Waals surface area contributed by atoms with E-state index < -0.39 is 5.54 Å². The number of carbonyl (C=O) groups excluding carboxylic acids is 2. The molecule has 0 aliphatic heterocycles. The number of primary amides is 1. The number of hydrogen-bond acceptors (Lipinski definition) is 5. The lowest BCUT2D eigenvalue weighted by Gasteiger charge is -2.22. The van der Waals surface area contributed by atoms with Gasteiger partial charge in [-0.1, -0.05) is 0 Å². The molecule has 5 N–H and O–H groups in total. The van der Waals surface area contributed by atoms with Gasteiger partial charge >= 0.3 is 5.97 Å². The summed E-state index contributed by atoms with van der Waals surface area (Å²) in [5.74, 6) is -0.486. The fourth-order valence-corrected chi connectivity index (χ4v) is 2.55. The Hall–Kier alpha value is -1.14. The third kappa shape index (κ3) is 3.43. The van der Waals surface area contributed by atoms with Crippen molar-refractivity contribution in [3.05, 3.63) is 0 Å². The molecule has 1 rings (SSSR count). The van der Waals surface area contributed by atoms with E-state index in [0.717, 1.165) is 6.42 Å². The topological polar surface area (TPSA) is 107 Å². The van der Waals surface area contributed by atoms with Crippen LogP contribution in [0.3, 0.4) is 0 Å². The number of hydrogen-bond donors (Lipinski definition) is 3. The summed E-state index contributed by atoms with van der Waals surface area (Å²) in [5, 5.41) is 2.88. The van der Waals surface area contributed by atoms with Gasteiger partial charge in [0.1, 0.15) is 5.54 Å². The summed E-state index contributed by atoms with van der Waals surface area (Å²) < 4.78 is 4.98. The quantitative estimate of drug-likeness (QED) is 0.557. The maximum Gasteiger partial charge on any atom is 0.326 e. The molecular formula is C12H23N3O3. The lowest BCUT2D eigenvalue weighted by molar-refractivity contribution is -0.149. The van der Waals surface area contributed by atoms with Crippen molar-refractivity contribution in [3.8, 4) is 0 Å². The van der Waals surface area contributed by atoms with Gasteiger partial charge in [0.15, 0.2) is 0 Å². The Morgan fingerprint density at radius 2 is 2.22 bits per heavy atom. The molecule has 1 aliphatic rings. The van der Waals surface area contributed by atoms with Crippen LogP contribution in [0.4, 0.5) is 0 Å². The van der Waals surface area contributed by atoms with Gasteiger partial charge in [-0.15, -0.1) is 0 Å². The van der Waals surface area contributed by atoms with Crippen molar-refractivity contribution in [2.45, 2.75) is 44.2 Å². The Morgan fingerprint density at radius 1 is 1.56 bits per heavy atom. The number of ether oxygens (including phenoxy) is 1. The van der Waals surface area contributed by atoms with E-state index in [1.54, 1.807) is 14.0 Å². The molecule has 0 spiro atoms. The van der Waals surface area contributed by atoms with Gasteiger partial charge in [0.25, 0.3) is 0 Å². The molecule has 104 valence electrons. The highest BCUT2D eigenvalue weighted by Crippen LogP contribution is 2.36. The van der Waals surface area contributed by atoms with E-state index in [1.165, 1.54) is 0 Å². The van der Waals surface area contributed by atoms with E-state index in [1.807, 2.05) is 0 Å². The highest BCUT2D eigenvalue weighted by atomic mass is 16.5. The zero-order valence-corrected chi connectivity index (χ0v) is 11.1. The Kier molecular flexibility index (Phi) is 5.10. The minimum atomic E-state index is -0.892. The normalized spacial score (nSPS) is 28.9. The van der Waals surface area contributed by atoms with Gasteiger partial charge < -0.3 is 21.5 Å². The molecule has 0 heterocycles. The first kappa shape index (κ1) is 14.9. The maximum atomic E-state index is 11.7. The molecule has 0 bridgehead atoms. The molecule has 1 fully saturated rings. The SMILES string of the molecule is CCOC(=O)C1(N)CCC(CC(NC)C(N)=O)C1. The molecule has 1 saturated carbocycles. The van der Waals surface area contributed by atoms with Gasteiger partial charge in [-0.2, -0.15) is 0 Å². The average molecular weight is 257 g/mol. The molecule has 0 aromatic heterocycles. The molecule has 6 heteroatoms. The van der Waals surface area contributed by atoms with Crippen LogP contribution in [-0.4, -0.2) is 37.1 Å². The van der Waals surface area contributed by atoms with Gasteiger partial charge in [0, 0.05) is 0 Å². The average Bonchev–Trinajstić information content (AvgIpc) is 2.69. The second-order valence-corrected chi connectivity index (χ2v) is 4.96. The summed E-state index contributed by atoms with van der Waals surface area (Å²) in [7, 11) is 1.70. The summed E-state index contributed by atoms with van der Waals surface area (Å²) in [5.41, 5.74) is 10.4. The minimum Gasteiger partial charge on any atom is -0.465 e. The molecule has 0 aromatic carbocycles. The van der Waals surface area contributed by atoms with Crippen LogP contribution in [-0.2, 0) is 14.3 Å². The summed E-state index contributed by atoms with van der Waals surface area (Å²) in [6.45, 7) is 2.10. The van der Waals surface area contributed by atoms with E-state index in [9.17, 15) is 9.59 Å². The van der Waals surface area contributed by atoms with Crippen molar-refractivity contribution in [1.82, 2.24) is 5.32 Å². The van der Waals surface area contributed by atoms with Crippen LogP contribution < -0.4 is 16.8 Å². The van der Waals surface area contributed by atoms with Crippen molar-refractivity contribution in [2.75, 3.05) is 13.7 Å². The Balaban J connectivity index is 2.55. The number of amides is 1. The first-order valence-corrected chi connectivity index (χ1v) is 6.35. The maximum absolute atomic E-state index is 11.7. The number of rotatable bonds is 6. The zero-order valence-electron chi connectivity index (χ0n) is 11.1. The van der Waals surface area contributed by atoms with Crippen molar-refractivity contribution < 1.29 is 14.3 Å². The van der Waals surface area contributed by atoms with Gasteiger partial charge in [-0.3, -0.25) is 9.59 Å². The van der Waals surface area contributed by atoms with Crippen molar-refractivity contribution in [2.24, 2.45) is 17.4 Å². The van der Waals surface area contributed by atoms with Crippen molar-refractivity contribution in [3.63, 3.8) is 0 Å².